The number of ether oxygens (including phenoxy) is 1. The zero-order valence-electron chi connectivity index (χ0n) is 18.4. The van der Waals surface area contributed by atoms with Crippen molar-refractivity contribution in [1.82, 2.24) is 4.90 Å². The first-order chi connectivity index (χ1) is 13.4. The molecule has 0 atom stereocenters. The van der Waals surface area contributed by atoms with Crippen molar-refractivity contribution in [3.8, 4) is 0 Å². The van der Waals surface area contributed by atoms with Crippen molar-refractivity contribution in [2.45, 2.75) is 60.0 Å². The predicted molar refractivity (Wildman–Crippen MR) is 131 cm³/mol. The molecule has 4 nitrogen and oxygen atoms in total. The molecule has 1 aliphatic heterocycles. The standard InChI is InChI=1S/C22H32N2O2S3/c1-15(2)16-9-8-10-17(11-16)23-19-24(13-22(6,7)14-29-19)20(27)28-12-18(25)26-21(3,4)5/h8-11,15H,12-14H2,1-7H3. The largest absolute Gasteiger partial charge is 0.459 e. The molecule has 1 aromatic rings. The van der Waals surface area contributed by atoms with Gasteiger partial charge in [0.2, 0.25) is 0 Å². The summed E-state index contributed by atoms with van der Waals surface area (Å²) in [6.07, 6.45) is 0. The summed E-state index contributed by atoms with van der Waals surface area (Å²) in [5, 5.41) is 0.895. The molecular weight excluding hydrogens is 420 g/mol. The molecule has 29 heavy (non-hydrogen) atoms. The third kappa shape index (κ3) is 7.95. The van der Waals surface area contributed by atoms with Crippen LogP contribution in [0.3, 0.4) is 0 Å². The molecule has 1 fully saturated rings. The van der Waals surface area contributed by atoms with E-state index in [0.29, 0.717) is 10.2 Å². The van der Waals surface area contributed by atoms with Crippen molar-refractivity contribution in [3.05, 3.63) is 29.8 Å². The SMILES string of the molecule is CC(C)c1cccc(N=C2SCC(C)(C)CN2C(=S)SCC(=O)OC(C)(C)C)c1. The van der Waals surface area contributed by atoms with Crippen LogP contribution in [-0.2, 0) is 9.53 Å². The van der Waals surface area contributed by atoms with Gasteiger partial charge in [0.05, 0.1) is 11.4 Å². The van der Waals surface area contributed by atoms with Crippen molar-refractivity contribution in [1.29, 1.82) is 0 Å². The number of rotatable bonds is 4. The maximum absolute atomic E-state index is 12.1. The van der Waals surface area contributed by atoms with Crippen LogP contribution < -0.4 is 0 Å². The number of carbonyl (C=O) groups excluding carboxylic acids is 1. The van der Waals surface area contributed by atoms with E-state index in [1.165, 1.54) is 17.3 Å². The predicted octanol–water partition coefficient (Wildman–Crippen LogP) is 6.23. The second-order valence-corrected chi connectivity index (χ2v) is 11.9. The Labute approximate surface area is 189 Å². The van der Waals surface area contributed by atoms with E-state index in [-0.39, 0.29) is 17.1 Å². The topological polar surface area (TPSA) is 41.9 Å². The first-order valence-electron chi connectivity index (χ1n) is 9.84. The molecule has 0 saturated carbocycles. The van der Waals surface area contributed by atoms with E-state index in [2.05, 4.69) is 44.7 Å². The Morgan fingerprint density at radius 1 is 1.38 bits per heavy atom. The average Bonchev–Trinajstić information content (AvgIpc) is 2.60. The third-order valence-electron chi connectivity index (χ3n) is 4.12. The molecule has 0 radical (unpaired) electrons. The highest BCUT2D eigenvalue weighted by Gasteiger charge is 2.33. The lowest BCUT2D eigenvalue weighted by atomic mass is 9.96. The van der Waals surface area contributed by atoms with Gasteiger partial charge in [0.25, 0.3) is 0 Å². The number of hydrogen-bond donors (Lipinski definition) is 0. The number of aliphatic imine (C=N–C) groups is 1. The van der Waals surface area contributed by atoms with Crippen molar-refractivity contribution in [3.63, 3.8) is 0 Å². The van der Waals surface area contributed by atoms with Crippen LogP contribution in [0.25, 0.3) is 0 Å². The van der Waals surface area contributed by atoms with Gasteiger partial charge >= 0.3 is 5.97 Å². The van der Waals surface area contributed by atoms with E-state index < -0.39 is 5.60 Å². The maximum Gasteiger partial charge on any atom is 0.316 e. The Morgan fingerprint density at radius 2 is 2.07 bits per heavy atom. The van der Waals surface area contributed by atoms with Gasteiger partial charge in [0.15, 0.2) is 5.17 Å². The van der Waals surface area contributed by atoms with E-state index in [4.69, 9.17) is 21.9 Å². The molecule has 0 spiro atoms. The molecular formula is C22H32N2O2S3. The van der Waals surface area contributed by atoms with Crippen molar-refractivity contribution in [2.75, 3.05) is 18.1 Å². The molecule has 160 valence electrons. The Kier molecular flexibility index (Phi) is 8.22. The van der Waals surface area contributed by atoms with E-state index >= 15 is 0 Å². The lowest BCUT2D eigenvalue weighted by molar-refractivity contribution is -0.151. The highest BCUT2D eigenvalue weighted by molar-refractivity contribution is 8.23. The summed E-state index contributed by atoms with van der Waals surface area (Å²) in [5.41, 5.74) is 1.82. The zero-order chi connectivity index (χ0) is 21.8. The van der Waals surface area contributed by atoms with Crippen molar-refractivity contribution in [2.24, 2.45) is 10.4 Å². The second-order valence-electron chi connectivity index (χ2n) is 9.32. The fourth-order valence-electron chi connectivity index (χ4n) is 2.75. The van der Waals surface area contributed by atoms with Crippen LogP contribution in [0.5, 0.6) is 0 Å². The quantitative estimate of drug-likeness (QED) is 0.398. The molecule has 0 amide bonds. The summed E-state index contributed by atoms with van der Waals surface area (Å²) in [4.78, 5) is 19.1. The zero-order valence-corrected chi connectivity index (χ0v) is 20.9. The summed E-state index contributed by atoms with van der Waals surface area (Å²) in [6.45, 7) is 15.2. The van der Waals surface area contributed by atoms with E-state index in [1.807, 2.05) is 32.9 Å². The number of nitrogens with zero attached hydrogens (tertiary/aromatic N) is 2. The van der Waals surface area contributed by atoms with E-state index in [0.717, 1.165) is 23.2 Å². The van der Waals surface area contributed by atoms with Crippen LogP contribution in [0.2, 0.25) is 0 Å². The van der Waals surface area contributed by atoms with Crippen LogP contribution in [-0.4, -0.2) is 44.0 Å². The molecule has 1 aliphatic rings. The lowest BCUT2D eigenvalue weighted by Gasteiger charge is -2.39. The molecule has 0 aliphatic carbocycles. The smallest absolute Gasteiger partial charge is 0.316 e. The van der Waals surface area contributed by atoms with Gasteiger partial charge in [-0.15, -0.1) is 0 Å². The number of thiocarbonyl (C=S) groups is 1. The molecule has 2 rings (SSSR count). The minimum absolute atomic E-state index is 0.111. The van der Waals surface area contributed by atoms with Gasteiger partial charge in [-0.25, -0.2) is 4.99 Å². The molecule has 0 aromatic heterocycles. The van der Waals surface area contributed by atoms with Gasteiger partial charge in [-0.05, 0) is 49.8 Å². The Hall–Kier alpha value is -1.05. The van der Waals surface area contributed by atoms with Gasteiger partial charge in [-0.1, -0.05) is 75.6 Å². The second kappa shape index (κ2) is 9.84. The Bertz CT molecular complexity index is 783. The van der Waals surface area contributed by atoms with Gasteiger partial charge in [-0.3, -0.25) is 4.79 Å². The first kappa shape index (κ1) is 24.2. The van der Waals surface area contributed by atoms with Gasteiger partial charge in [-0.2, -0.15) is 0 Å². The number of thioether (sulfide) groups is 2. The number of amidine groups is 1. The van der Waals surface area contributed by atoms with Crippen LogP contribution in [0.1, 0.15) is 59.9 Å². The van der Waals surface area contributed by atoms with Crippen LogP contribution in [0, 0.1) is 5.41 Å². The third-order valence-corrected chi connectivity index (χ3v) is 7.04. The van der Waals surface area contributed by atoms with Crippen LogP contribution in [0.4, 0.5) is 5.69 Å². The molecule has 0 bridgehead atoms. The minimum Gasteiger partial charge on any atom is -0.459 e. The fourth-order valence-corrected chi connectivity index (χ4v) is 4.89. The summed E-state index contributed by atoms with van der Waals surface area (Å²) < 4.78 is 6.06. The molecule has 1 aromatic carbocycles. The molecule has 1 saturated heterocycles. The van der Waals surface area contributed by atoms with E-state index in [1.54, 1.807) is 11.8 Å². The lowest BCUT2D eigenvalue weighted by Crippen LogP contribution is -2.45. The van der Waals surface area contributed by atoms with Gasteiger partial charge < -0.3 is 9.64 Å². The van der Waals surface area contributed by atoms with Crippen molar-refractivity contribution >= 4 is 56.9 Å². The number of carbonyl (C=O) groups is 1. The normalized spacial score (nSPS) is 18.2. The van der Waals surface area contributed by atoms with Gasteiger partial charge in [0, 0.05) is 12.3 Å². The number of esters is 1. The number of hydrogen-bond acceptors (Lipinski definition) is 6. The average molecular weight is 453 g/mol. The monoisotopic (exact) mass is 452 g/mol. The van der Waals surface area contributed by atoms with Gasteiger partial charge in [0.1, 0.15) is 9.92 Å². The highest BCUT2D eigenvalue weighted by Crippen LogP contribution is 2.34. The summed E-state index contributed by atoms with van der Waals surface area (Å²) in [5.74, 6) is 1.38. The highest BCUT2D eigenvalue weighted by atomic mass is 32.2. The molecule has 7 heteroatoms. The van der Waals surface area contributed by atoms with Crippen molar-refractivity contribution < 1.29 is 9.53 Å². The fraction of sp³-hybridized carbons (Fsp3) is 0.591. The van der Waals surface area contributed by atoms with E-state index in [9.17, 15) is 4.79 Å². The Morgan fingerprint density at radius 3 is 2.69 bits per heavy atom. The Balaban J connectivity index is 2.17. The molecule has 0 N–H and O–H groups in total. The molecule has 0 unspecified atom stereocenters. The maximum atomic E-state index is 12.1. The first-order valence-corrected chi connectivity index (χ1v) is 12.2. The molecule has 1 heterocycles. The summed E-state index contributed by atoms with van der Waals surface area (Å²) in [7, 11) is 0. The minimum atomic E-state index is -0.490. The summed E-state index contributed by atoms with van der Waals surface area (Å²) in [6, 6.07) is 8.33. The van der Waals surface area contributed by atoms with Crippen LogP contribution in [0.15, 0.2) is 29.3 Å². The van der Waals surface area contributed by atoms with Crippen LogP contribution >= 0.6 is 35.7 Å². The number of benzene rings is 1. The summed E-state index contributed by atoms with van der Waals surface area (Å²) >= 11 is 8.75.